The summed E-state index contributed by atoms with van der Waals surface area (Å²) in [5.41, 5.74) is 5.32. The smallest absolute Gasteiger partial charge is 0.323 e. The van der Waals surface area contributed by atoms with Crippen LogP contribution in [0.3, 0.4) is 0 Å². The lowest BCUT2D eigenvalue weighted by Crippen LogP contribution is -2.48. The Morgan fingerprint density at radius 2 is 2.00 bits per heavy atom. The lowest BCUT2D eigenvalue weighted by molar-refractivity contribution is -0.142. The third-order valence-corrected chi connectivity index (χ3v) is 2.52. The third kappa shape index (κ3) is 2.65. The van der Waals surface area contributed by atoms with Gasteiger partial charge < -0.3 is 21.3 Å². The molecule has 0 aromatic rings. The van der Waals surface area contributed by atoms with Crippen molar-refractivity contribution in [2.24, 2.45) is 11.7 Å². The van der Waals surface area contributed by atoms with Gasteiger partial charge in [-0.3, -0.25) is 4.79 Å². The number of piperidine rings is 1. The van der Waals surface area contributed by atoms with E-state index in [1.54, 1.807) is 0 Å². The van der Waals surface area contributed by atoms with Gasteiger partial charge >= 0.3 is 5.97 Å². The molecule has 1 fully saturated rings. The molecule has 5 N–H and O–H groups in total. The Kier molecular flexibility index (Phi) is 3.65. The molecule has 1 aliphatic heterocycles. The summed E-state index contributed by atoms with van der Waals surface area (Å²) >= 11 is 0. The van der Waals surface area contributed by atoms with E-state index in [0.29, 0.717) is 0 Å². The zero-order chi connectivity index (χ0) is 9.84. The Bertz CT molecular complexity index is 180. The third-order valence-electron chi connectivity index (χ3n) is 2.52. The van der Waals surface area contributed by atoms with Crippen molar-refractivity contribution in [1.82, 2.24) is 5.32 Å². The number of carbonyl (C=O) groups is 1. The molecule has 1 rings (SSSR count). The van der Waals surface area contributed by atoms with E-state index in [1.165, 1.54) is 0 Å². The van der Waals surface area contributed by atoms with Crippen LogP contribution in [0.1, 0.15) is 12.8 Å². The van der Waals surface area contributed by atoms with Crippen LogP contribution in [0.2, 0.25) is 0 Å². The molecule has 1 heterocycles. The monoisotopic (exact) mass is 188 g/mol. The normalized spacial score (nSPS) is 23.8. The van der Waals surface area contributed by atoms with E-state index in [1.807, 2.05) is 0 Å². The molecule has 0 amide bonds. The lowest BCUT2D eigenvalue weighted by Gasteiger charge is -2.28. The van der Waals surface area contributed by atoms with Crippen molar-refractivity contribution < 1.29 is 15.0 Å². The number of nitrogens with one attached hydrogen (secondary N) is 1. The summed E-state index contributed by atoms with van der Waals surface area (Å²) in [6, 6.07) is -1.15. The molecule has 0 aromatic carbocycles. The Morgan fingerprint density at radius 1 is 1.46 bits per heavy atom. The predicted molar refractivity (Wildman–Crippen MR) is 47.2 cm³/mol. The van der Waals surface area contributed by atoms with E-state index in [2.05, 4.69) is 5.32 Å². The van der Waals surface area contributed by atoms with Gasteiger partial charge in [0.05, 0.1) is 6.10 Å². The van der Waals surface area contributed by atoms with Crippen LogP contribution >= 0.6 is 0 Å². The average molecular weight is 188 g/mol. The largest absolute Gasteiger partial charge is 0.480 e. The van der Waals surface area contributed by atoms with Gasteiger partial charge in [-0.05, 0) is 31.8 Å². The minimum atomic E-state index is -1.15. The molecule has 0 aliphatic carbocycles. The summed E-state index contributed by atoms with van der Waals surface area (Å²) in [5, 5.41) is 21.3. The Hall–Kier alpha value is -0.650. The van der Waals surface area contributed by atoms with Gasteiger partial charge in [-0.1, -0.05) is 0 Å². The standard InChI is InChI=1S/C8H16N2O3/c9-6(8(12)13)7(11)5-1-3-10-4-2-5/h5-7,10-11H,1-4,9H2,(H,12,13). The van der Waals surface area contributed by atoms with Crippen molar-refractivity contribution in [3.63, 3.8) is 0 Å². The zero-order valence-corrected chi connectivity index (χ0v) is 7.44. The molecule has 2 atom stereocenters. The van der Waals surface area contributed by atoms with Gasteiger partial charge in [-0.2, -0.15) is 0 Å². The van der Waals surface area contributed by atoms with Crippen molar-refractivity contribution in [1.29, 1.82) is 0 Å². The summed E-state index contributed by atoms with van der Waals surface area (Å²) in [7, 11) is 0. The summed E-state index contributed by atoms with van der Waals surface area (Å²) in [6.45, 7) is 1.65. The van der Waals surface area contributed by atoms with E-state index >= 15 is 0 Å². The lowest BCUT2D eigenvalue weighted by atomic mass is 9.88. The second kappa shape index (κ2) is 4.55. The first-order chi connectivity index (χ1) is 6.13. The first kappa shape index (κ1) is 10.4. The van der Waals surface area contributed by atoms with Crippen LogP contribution in [-0.2, 0) is 4.79 Å². The highest BCUT2D eigenvalue weighted by molar-refractivity contribution is 5.73. The zero-order valence-electron chi connectivity index (χ0n) is 7.44. The minimum Gasteiger partial charge on any atom is -0.480 e. The van der Waals surface area contributed by atoms with Crippen LogP contribution in [0.25, 0.3) is 0 Å². The van der Waals surface area contributed by atoms with Crippen LogP contribution < -0.4 is 11.1 Å². The van der Waals surface area contributed by atoms with Crippen molar-refractivity contribution in [2.45, 2.75) is 25.0 Å². The van der Waals surface area contributed by atoms with Gasteiger partial charge in [0.2, 0.25) is 0 Å². The number of carboxylic acid groups (broad SMARTS) is 1. The van der Waals surface area contributed by atoms with E-state index in [4.69, 9.17) is 10.8 Å². The maximum absolute atomic E-state index is 10.5. The first-order valence-corrected chi connectivity index (χ1v) is 4.50. The molecule has 5 nitrogen and oxygen atoms in total. The molecule has 2 unspecified atom stereocenters. The van der Waals surface area contributed by atoms with Gasteiger partial charge in [0.25, 0.3) is 0 Å². The fraction of sp³-hybridized carbons (Fsp3) is 0.875. The number of aliphatic hydroxyl groups is 1. The maximum Gasteiger partial charge on any atom is 0.323 e. The number of aliphatic hydroxyl groups excluding tert-OH is 1. The van der Waals surface area contributed by atoms with Crippen molar-refractivity contribution >= 4 is 5.97 Å². The highest BCUT2D eigenvalue weighted by Crippen LogP contribution is 2.17. The fourth-order valence-electron chi connectivity index (χ4n) is 1.63. The van der Waals surface area contributed by atoms with Crippen LogP contribution in [0.4, 0.5) is 0 Å². The van der Waals surface area contributed by atoms with Crippen LogP contribution in [0.15, 0.2) is 0 Å². The van der Waals surface area contributed by atoms with Gasteiger partial charge in [0.15, 0.2) is 0 Å². The minimum absolute atomic E-state index is 0.0207. The van der Waals surface area contributed by atoms with E-state index in [-0.39, 0.29) is 5.92 Å². The maximum atomic E-state index is 10.5. The van der Waals surface area contributed by atoms with Crippen molar-refractivity contribution in [2.75, 3.05) is 13.1 Å². The molecule has 0 spiro atoms. The number of carboxylic acids is 1. The second-order valence-corrected chi connectivity index (χ2v) is 3.44. The molecule has 0 saturated carbocycles. The van der Waals surface area contributed by atoms with E-state index < -0.39 is 18.1 Å². The van der Waals surface area contributed by atoms with Crippen LogP contribution in [-0.4, -0.2) is 41.4 Å². The Morgan fingerprint density at radius 3 is 2.46 bits per heavy atom. The first-order valence-electron chi connectivity index (χ1n) is 4.50. The molecule has 0 radical (unpaired) electrons. The molecule has 0 aromatic heterocycles. The van der Waals surface area contributed by atoms with Gasteiger partial charge in [0, 0.05) is 0 Å². The molecule has 76 valence electrons. The van der Waals surface area contributed by atoms with E-state index in [0.717, 1.165) is 25.9 Å². The summed E-state index contributed by atoms with van der Waals surface area (Å²) in [4.78, 5) is 10.5. The molecular formula is C8H16N2O3. The highest BCUT2D eigenvalue weighted by atomic mass is 16.4. The predicted octanol–water partition coefficient (Wildman–Crippen LogP) is -1.24. The number of hydrogen-bond acceptors (Lipinski definition) is 4. The summed E-state index contributed by atoms with van der Waals surface area (Å²) in [5.74, 6) is -1.11. The van der Waals surface area contributed by atoms with Gasteiger partial charge in [0.1, 0.15) is 6.04 Å². The number of hydrogen-bond donors (Lipinski definition) is 4. The molecule has 13 heavy (non-hydrogen) atoms. The molecule has 1 saturated heterocycles. The molecule has 5 heteroatoms. The fourth-order valence-corrected chi connectivity index (χ4v) is 1.63. The Balaban J connectivity index is 2.44. The average Bonchev–Trinajstić information content (AvgIpc) is 2.17. The molecule has 0 bridgehead atoms. The topological polar surface area (TPSA) is 95.6 Å². The van der Waals surface area contributed by atoms with Crippen LogP contribution in [0.5, 0.6) is 0 Å². The van der Waals surface area contributed by atoms with Crippen molar-refractivity contribution in [3.05, 3.63) is 0 Å². The number of rotatable bonds is 3. The van der Waals surface area contributed by atoms with Gasteiger partial charge in [-0.15, -0.1) is 0 Å². The quantitative estimate of drug-likeness (QED) is 0.444. The SMILES string of the molecule is NC(C(=O)O)C(O)C1CCNCC1. The number of nitrogens with two attached hydrogens (primary N) is 1. The highest BCUT2D eigenvalue weighted by Gasteiger charge is 2.30. The second-order valence-electron chi connectivity index (χ2n) is 3.44. The van der Waals surface area contributed by atoms with Crippen LogP contribution in [0, 0.1) is 5.92 Å². The summed E-state index contributed by atoms with van der Waals surface area (Å²) in [6.07, 6.45) is 0.671. The number of aliphatic carboxylic acids is 1. The van der Waals surface area contributed by atoms with E-state index in [9.17, 15) is 9.90 Å². The molecule has 1 aliphatic rings. The molecular weight excluding hydrogens is 172 g/mol. The van der Waals surface area contributed by atoms with Crippen molar-refractivity contribution in [3.8, 4) is 0 Å². The Labute approximate surface area is 76.9 Å². The van der Waals surface area contributed by atoms with Gasteiger partial charge in [-0.25, -0.2) is 0 Å². The summed E-state index contributed by atoms with van der Waals surface area (Å²) < 4.78 is 0.